The van der Waals surface area contributed by atoms with Gasteiger partial charge in [-0.2, -0.15) is 0 Å². The van der Waals surface area contributed by atoms with Crippen molar-refractivity contribution in [2.45, 2.75) is 19.9 Å². The molecule has 0 heterocycles. The molecule has 0 aliphatic carbocycles. The van der Waals surface area contributed by atoms with Crippen molar-refractivity contribution in [3.05, 3.63) is 23.3 Å². The third kappa shape index (κ3) is 2.91. The van der Waals surface area contributed by atoms with Gasteiger partial charge in [-0.25, -0.2) is 9.59 Å². The Balaban J connectivity index is 3.04. The number of carbonyl (C=O) groups excluding carboxylic acids is 1. The van der Waals surface area contributed by atoms with Gasteiger partial charge in [0.05, 0.1) is 12.7 Å². The number of methoxy groups -OCH3 is 1. The van der Waals surface area contributed by atoms with Crippen LogP contribution in [0.1, 0.15) is 22.8 Å². The first-order chi connectivity index (χ1) is 8.36. The lowest BCUT2D eigenvalue weighted by Crippen LogP contribution is -2.27. The van der Waals surface area contributed by atoms with Crippen molar-refractivity contribution in [1.82, 2.24) is 0 Å². The molecule has 1 aromatic rings. The molecule has 1 rings (SSSR count). The van der Waals surface area contributed by atoms with Crippen molar-refractivity contribution in [3.8, 4) is 0 Å². The molecule has 0 radical (unpaired) electrons. The quantitative estimate of drug-likeness (QED) is 0.550. The molecular formula is C12H16N2O4. The van der Waals surface area contributed by atoms with E-state index in [1.54, 1.807) is 19.9 Å². The Morgan fingerprint density at radius 3 is 2.56 bits per heavy atom. The molecule has 1 unspecified atom stereocenters. The van der Waals surface area contributed by atoms with Crippen molar-refractivity contribution in [2.24, 2.45) is 0 Å². The predicted octanol–water partition coefficient (Wildman–Crippen LogP) is 1.25. The molecule has 0 amide bonds. The Kier molecular flexibility index (Phi) is 4.14. The average Bonchev–Trinajstić information content (AvgIpc) is 2.31. The van der Waals surface area contributed by atoms with Crippen LogP contribution in [0, 0.1) is 6.92 Å². The first-order valence-electron chi connectivity index (χ1n) is 5.34. The first-order valence-corrected chi connectivity index (χ1v) is 5.34. The summed E-state index contributed by atoms with van der Waals surface area (Å²) in [4.78, 5) is 22.3. The molecule has 0 saturated carbocycles. The maximum absolute atomic E-state index is 11.3. The molecule has 6 nitrogen and oxygen atoms in total. The number of hydrogen-bond acceptors (Lipinski definition) is 5. The molecule has 98 valence electrons. The molecular weight excluding hydrogens is 236 g/mol. The number of benzene rings is 1. The predicted molar refractivity (Wildman–Crippen MR) is 67.7 cm³/mol. The second kappa shape index (κ2) is 5.39. The van der Waals surface area contributed by atoms with E-state index in [1.165, 1.54) is 13.2 Å². The summed E-state index contributed by atoms with van der Waals surface area (Å²) < 4.78 is 4.57. The van der Waals surface area contributed by atoms with Crippen LogP contribution in [0.3, 0.4) is 0 Å². The maximum atomic E-state index is 11.3. The number of carboxylic acid groups (broad SMARTS) is 1. The van der Waals surface area contributed by atoms with E-state index >= 15 is 0 Å². The van der Waals surface area contributed by atoms with E-state index in [4.69, 9.17) is 10.8 Å². The Morgan fingerprint density at radius 2 is 2.06 bits per heavy atom. The number of aromatic carboxylic acids is 1. The van der Waals surface area contributed by atoms with Crippen LogP contribution in [0.25, 0.3) is 0 Å². The number of esters is 1. The van der Waals surface area contributed by atoms with E-state index in [1.807, 2.05) is 0 Å². The van der Waals surface area contributed by atoms with Gasteiger partial charge in [-0.3, -0.25) is 0 Å². The van der Waals surface area contributed by atoms with E-state index in [9.17, 15) is 9.59 Å². The molecule has 4 N–H and O–H groups in total. The summed E-state index contributed by atoms with van der Waals surface area (Å²) in [5, 5.41) is 11.9. The average molecular weight is 252 g/mol. The summed E-state index contributed by atoms with van der Waals surface area (Å²) >= 11 is 0. The van der Waals surface area contributed by atoms with E-state index in [0.29, 0.717) is 11.3 Å². The summed E-state index contributed by atoms with van der Waals surface area (Å²) in [6, 6.07) is 2.50. The Morgan fingerprint density at radius 1 is 1.44 bits per heavy atom. The lowest BCUT2D eigenvalue weighted by molar-refractivity contribution is -0.141. The molecule has 1 aromatic carbocycles. The van der Waals surface area contributed by atoms with E-state index in [0.717, 1.165) is 0 Å². The van der Waals surface area contributed by atoms with Crippen molar-refractivity contribution in [3.63, 3.8) is 0 Å². The van der Waals surface area contributed by atoms with Crippen LogP contribution < -0.4 is 11.1 Å². The largest absolute Gasteiger partial charge is 0.478 e. The van der Waals surface area contributed by atoms with Gasteiger partial charge in [0.25, 0.3) is 0 Å². The van der Waals surface area contributed by atoms with Crippen molar-refractivity contribution >= 4 is 23.3 Å². The Hall–Kier alpha value is -2.24. The number of rotatable bonds is 4. The molecule has 0 spiro atoms. The molecule has 0 bridgehead atoms. The van der Waals surface area contributed by atoms with Crippen LogP contribution in [0.15, 0.2) is 12.1 Å². The van der Waals surface area contributed by atoms with Crippen molar-refractivity contribution in [2.75, 3.05) is 18.2 Å². The van der Waals surface area contributed by atoms with Gasteiger partial charge in [-0.05, 0) is 31.5 Å². The fourth-order valence-electron chi connectivity index (χ4n) is 1.54. The summed E-state index contributed by atoms with van der Waals surface area (Å²) in [5.41, 5.74) is 7.04. The number of carbonyl (C=O) groups is 2. The minimum atomic E-state index is -1.11. The van der Waals surface area contributed by atoms with E-state index in [2.05, 4.69) is 10.1 Å². The lowest BCUT2D eigenvalue weighted by Gasteiger charge is -2.15. The SMILES string of the molecule is COC(=O)C(C)Nc1cc(C)c(N)c(C(=O)O)c1. The van der Waals surface area contributed by atoms with Gasteiger partial charge < -0.3 is 20.9 Å². The second-order valence-corrected chi connectivity index (χ2v) is 3.95. The molecule has 0 aliphatic heterocycles. The fourth-order valence-corrected chi connectivity index (χ4v) is 1.54. The highest BCUT2D eigenvalue weighted by molar-refractivity contribution is 5.96. The fraction of sp³-hybridized carbons (Fsp3) is 0.333. The van der Waals surface area contributed by atoms with Gasteiger partial charge in [-0.15, -0.1) is 0 Å². The minimum Gasteiger partial charge on any atom is -0.478 e. The topological polar surface area (TPSA) is 102 Å². The third-order valence-corrected chi connectivity index (χ3v) is 2.56. The number of anilines is 2. The second-order valence-electron chi connectivity index (χ2n) is 3.95. The Labute approximate surface area is 105 Å². The van der Waals surface area contributed by atoms with Crippen LogP contribution >= 0.6 is 0 Å². The number of carboxylic acids is 1. The van der Waals surface area contributed by atoms with Gasteiger partial charge in [0, 0.05) is 11.4 Å². The van der Waals surface area contributed by atoms with Crippen LogP contribution in [0.2, 0.25) is 0 Å². The summed E-state index contributed by atoms with van der Waals surface area (Å²) in [7, 11) is 1.29. The highest BCUT2D eigenvalue weighted by Gasteiger charge is 2.16. The maximum Gasteiger partial charge on any atom is 0.337 e. The van der Waals surface area contributed by atoms with Gasteiger partial charge in [0.2, 0.25) is 0 Å². The summed E-state index contributed by atoms with van der Waals surface area (Å²) in [6.07, 6.45) is 0. The van der Waals surface area contributed by atoms with Crippen LogP contribution in [0.4, 0.5) is 11.4 Å². The number of nitrogen functional groups attached to an aromatic ring is 1. The van der Waals surface area contributed by atoms with Crippen LogP contribution in [-0.4, -0.2) is 30.2 Å². The zero-order chi connectivity index (χ0) is 13.9. The van der Waals surface area contributed by atoms with Crippen molar-refractivity contribution < 1.29 is 19.4 Å². The molecule has 0 aliphatic rings. The first kappa shape index (κ1) is 13.8. The number of hydrogen-bond donors (Lipinski definition) is 3. The zero-order valence-electron chi connectivity index (χ0n) is 10.5. The number of nitrogens with two attached hydrogens (primary N) is 1. The molecule has 1 atom stereocenters. The smallest absolute Gasteiger partial charge is 0.337 e. The zero-order valence-corrected chi connectivity index (χ0v) is 10.5. The number of aryl methyl sites for hydroxylation is 1. The van der Waals surface area contributed by atoms with Gasteiger partial charge in [-0.1, -0.05) is 0 Å². The van der Waals surface area contributed by atoms with Crippen molar-refractivity contribution in [1.29, 1.82) is 0 Å². The van der Waals surface area contributed by atoms with Gasteiger partial charge >= 0.3 is 11.9 Å². The van der Waals surface area contributed by atoms with E-state index in [-0.39, 0.29) is 11.3 Å². The molecule has 0 saturated heterocycles. The van der Waals surface area contributed by atoms with Gasteiger partial charge in [0.1, 0.15) is 6.04 Å². The van der Waals surface area contributed by atoms with Crippen LogP contribution in [-0.2, 0) is 9.53 Å². The third-order valence-electron chi connectivity index (χ3n) is 2.56. The molecule has 18 heavy (non-hydrogen) atoms. The number of ether oxygens (including phenoxy) is 1. The summed E-state index contributed by atoms with van der Waals surface area (Å²) in [5.74, 6) is -1.54. The normalized spacial score (nSPS) is 11.7. The Bertz CT molecular complexity index is 485. The molecule has 0 fully saturated rings. The monoisotopic (exact) mass is 252 g/mol. The van der Waals surface area contributed by atoms with E-state index < -0.39 is 18.0 Å². The highest BCUT2D eigenvalue weighted by atomic mass is 16.5. The molecule has 6 heteroatoms. The van der Waals surface area contributed by atoms with Gasteiger partial charge in [0.15, 0.2) is 0 Å². The summed E-state index contributed by atoms with van der Waals surface area (Å²) in [6.45, 7) is 3.33. The molecule has 0 aromatic heterocycles. The lowest BCUT2D eigenvalue weighted by atomic mass is 10.1. The minimum absolute atomic E-state index is 0.00886. The standard InChI is InChI=1S/C12H16N2O4/c1-6-4-8(14-7(2)12(17)18-3)5-9(10(6)13)11(15)16/h4-5,7,14H,13H2,1-3H3,(H,15,16). The highest BCUT2D eigenvalue weighted by Crippen LogP contribution is 2.23. The number of nitrogens with one attached hydrogen (secondary N) is 1. The van der Waals surface area contributed by atoms with Crippen LogP contribution in [0.5, 0.6) is 0 Å².